The number of hydrogen-bond donors (Lipinski definition) is 1. The lowest BCUT2D eigenvalue weighted by atomic mass is 10.1. The molecule has 20 heavy (non-hydrogen) atoms. The standard InChI is InChI=1S/C15H21BrN2O2/c1-10-11(2)18(9-8-17-10)15(19)12(3)20-14-7-5-4-6-13(14)16/h4-7,10-12,17H,8-9H2,1-3H3. The molecule has 5 heteroatoms. The second-order valence-corrected chi connectivity index (χ2v) is 6.06. The van der Waals surface area contributed by atoms with E-state index in [4.69, 9.17) is 4.74 Å². The number of nitrogens with zero attached hydrogens (tertiary/aromatic N) is 1. The zero-order valence-electron chi connectivity index (χ0n) is 12.1. The maximum absolute atomic E-state index is 12.5. The fourth-order valence-electron chi connectivity index (χ4n) is 2.38. The second-order valence-electron chi connectivity index (χ2n) is 5.21. The minimum Gasteiger partial charge on any atom is -0.480 e. The highest BCUT2D eigenvalue weighted by molar-refractivity contribution is 9.10. The van der Waals surface area contributed by atoms with Gasteiger partial charge in [-0.25, -0.2) is 0 Å². The summed E-state index contributed by atoms with van der Waals surface area (Å²) in [5, 5.41) is 3.37. The smallest absolute Gasteiger partial charge is 0.263 e. The Morgan fingerprint density at radius 3 is 2.85 bits per heavy atom. The molecule has 0 bridgehead atoms. The summed E-state index contributed by atoms with van der Waals surface area (Å²) in [6.07, 6.45) is -0.485. The monoisotopic (exact) mass is 340 g/mol. The Balaban J connectivity index is 2.03. The van der Waals surface area contributed by atoms with Gasteiger partial charge in [0.1, 0.15) is 5.75 Å². The molecule has 1 aromatic carbocycles. The van der Waals surface area contributed by atoms with Crippen LogP contribution in [0.3, 0.4) is 0 Å². The minimum absolute atomic E-state index is 0.0432. The predicted molar refractivity (Wildman–Crippen MR) is 82.9 cm³/mol. The largest absolute Gasteiger partial charge is 0.480 e. The molecule has 0 aromatic heterocycles. The third-order valence-electron chi connectivity index (χ3n) is 3.81. The van der Waals surface area contributed by atoms with E-state index >= 15 is 0 Å². The first-order valence-corrected chi connectivity index (χ1v) is 7.75. The van der Waals surface area contributed by atoms with Crippen LogP contribution in [0.15, 0.2) is 28.7 Å². The van der Waals surface area contributed by atoms with Gasteiger partial charge in [-0.05, 0) is 48.8 Å². The topological polar surface area (TPSA) is 41.6 Å². The number of nitrogens with one attached hydrogen (secondary N) is 1. The van der Waals surface area contributed by atoms with E-state index in [2.05, 4.69) is 35.1 Å². The average molecular weight is 341 g/mol. The van der Waals surface area contributed by atoms with Gasteiger partial charge in [0.15, 0.2) is 6.10 Å². The maximum Gasteiger partial charge on any atom is 0.263 e. The highest BCUT2D eigenvalue weighted by Crippen LogP contribution is 2.25. The van der Waals surface area contributed by atoms with Crippen LogP contribution >= 0.6 is 15.9 Å². The summed E-state index contributed by atoms with van der Waals surface area (Å²) in [6.45, 7) is 7.54. The molecule has 3 atom stereocenters. The van der Waals surface area contributed by atoms with Gasteiger partial charge in [0, 0.05) is 25.2 Å². The van der Waals surface area contributed by atoms with E-state index < -0.39 is 6.10 Å². The van der Waals surface area contributed by atoms with Crippen molar-refractivity contribution >= 4 is 21.8 Å². The summed E-state index contributed by atoms with van der Waals surface area (Å²) >= 11 is 3.43. The first-order valence-electron chi connectivity index (χ1n) is 6.95. The Morgan fingerprint density at radius 1 is 1.45 bits per heavy atom. The lowest BCUT2D eigenvalue weighted by Gasteiger charge is -2.39. The number of rotatable bonds is 3. The van der Waals surface area contributed by atoms with Crippen molar-refractivity contribution in [3.05, 3.63) is 28.7 Å². The first-order chi connectivity index (χ1) is 9.50. The van der Waals surface area contributed by atoms with Gasteiger partial charge in [0.25, 0.3) is 5.91 Å². The van der Waals surface area contributed by atoms with Crippen LogP contribution < -0.4 is 10.1 Å². The van der Waals surface area contributed by atoms with E-state index in [1.54, 1.807) is 6.92 Å². The van der Waals surface area contributed by atoms with Crippen molar-refractivity contribution in [2.75, 3.05) is 13.1 Å². The van der Waals surface area contributed by atoms with Crippen molar-refractivity contribution in [3.63, 3.8) is 0 Å². The summed E-state index contributed by atoms with van der Waals surface area (Å²) < 4.78 is 6.65. The second kappa shape index (κ2) is 6.59. The molecule has 1 amide bonds. The molecule has 4 nitrogen and oxygen atoms in total. The van der Waals surface area contributed by atoms with Gasteiger partial charge in [0.2, 0.25) is 0 Å². The predicted octanol–water partition coefficient (Wildman–Crippen LogP) is 2.43. The molecule has 110 valence electrons. The van der Waals surface area contributed by atoms with Crippen LogP contribution in [0.4, 0.5) is 0 Å². The number of piperazine rings is 1. The van der Waals surface area contributed by atoms with E-state index in [1.165, 1.54) is 0 Å². The Morgan fingerprint density at radius 2 is 2.15 bits per heavy atom. The van der Waals surface area contributed by atoms with Crippen molar-refractivity contribution in [1.82, 2.24) is 10.2 Å². The number of carbonyl (C=O) groups excluding carboxylic acids is 1. The quantitative estimate of drug-likeness (QED) is 0.918. The third kappa shape index (κ3) is 3.33. The highest BCUT2D eigenvalue weighted by atomic mass is 79.9. The summed E-state index contributed by atoms with van der Waals surface area (Å²) in [4.78, 5) is 14.4. The number of benzene rings is 1. The molecule has 1 N–H and O–H groups in total. The van der Waals surface area contributed by atoms with Crippen LogP contribution in [0, 0.1) is 0 Å². The molecule has 1 heterocycles. The van der Waals surface area contributed by atoms with Crippen LogP contribution in [-0.4, -0.2) is 42.1 Å². The highest BCUT2D eigenvalue weighted by Gasteiger charge is 2.31. The molecule has 0 spiro atoms. The van der Waals surface area contributed by atoms with E-state index in [9.17, 15) is 4.79 Å². The number of ether oxygens (including phenoxy) is 1. The number of hydrogen-bond acceptors (Lipinski definition) is 3. The van der Waals surface area contributed by atoms with Gasteiger partial charge in [-0.15, -0.1) is 0 Å². The summed E-state index contributed by atoms with van der Waals surface area (Å²) in [5.41, 5.74) is 0. The average Bonchev–Trinajstić information content (AvgIpc) is 2.43. The Bertz CT molecular complexity index is 481. The van der Waals surface area contributed by atoms with Crippen molar-refractivity contribution in [2.45, 2.75) is 39.0 Å². The molecule has 1 aromatic rings. The molecule has 3 unspecified atom stereocenters. The molecular formula is C15H21BrN2O2. The fraction of sp³-hybridized carbons (Fsp3) is 0.533. The molecule has 1 saturated heterocycles. The van der Waals surface area contributed by atoms with Gasteiger partial charge in [0.05, 0.1) is 4.47 Å². The molecule has 0 radical (unpaired) electrons. The first kappa shape index (κ1) is 15.3. The summed E-state index contributed by atoms with van der Waals surface area (Å²) in [6, 6.07) is 8.07. The molecule has 1 fully saturated rings. The normalized spacial score (nSPS) is 24.3. The minimum atomic E-state index is -0.485. The zero-order chi connectivity index (χ0) is 14.7. The fourth-order valence-corrected chi connectivity index (χ4v) is 2.76. The molecular weight excluding hydrogens is 320 g/mol. The van der Waals surface area contributed by atoms with Crippen LogP contribution in [0.2, 0.25) is 0 Å². The van der Waals surface area contributed by atoms with Gasteiger partial charge in [-0.3, -0.25) is 4.79 Å². The number of para-hydroxylation sites is 1. The number of amides is 1. The molecule has 1 aliphatic heterocycles. The van der Waals surface area contributed by atoms with Gasteiger partial charge in [-0.1, -0.05) is 12.1 Å². The van der Waals surface area contributed by atoms with Crippen molar-refractivity contribution in [3.8, 4) is 5.75 Å². The Kier molecular flexibility index (Phi) is 5.05. The summed E-state index contributed by atoms with van der Waals surface area (Å²) in [7, 11) is 0. The lowest BCUT2D eigenvalue weighted by molar-refractivity contribution is -0.141. The maximum atomic E-state index is 12.5. The van der Waals surface area contributed by atoms with E-state index in [-0.39, 0.29) is 11.9 Å². The van der Waals surface area contributed by atoms with Crippen molar-refractivity contribution in [2.24, 2.45) is 0 Å². The summed E-state index contributed by atoms with van der Waals surface area (Å²) in [5.74, 6) is 0.741. The third-order valence-corrected chi connectivity index (χ3v) is 4.46. The van der Waals surface area contributed by atoms with Crippen LogP contribution in [-0.2, 0) is 4.79 Å². The van der Waals surface area contributed by atoms with Crippen LogP contribution in [0.1, 0.15) is 20.8 Å². The van der Waals surface area contributed by atoms with Crippen LogP contribution in [0.5, 0.6) is 5.75 Å². The van der Waals surface area contributed by atoms with E-state index in [0.717, 1.165) is 17.6 Å². The van der Waals surface area contributed by atoms with E-state index in [0.29, 0.717) is 11.8 Å². The van der Waals surface area contributed by atoms with Crippen LogP contribution in [0.25, 0.3) is 0 Å². The molecule has 2 rings (SSSR count). The van der Waals surface area contributed by atoms with Gasteiger partial charge in [-0.2, -0.15) is 0 Å². The molecule has 0 saturated carbocycles. The Hall–Kier alpha value is -1.07. The lowest BCUT2D eigenvalue weighted by Crippen LogP contribution is -2.59. The van der Waals surface area contributed by atoms with Crippen molar-refractivity contribution in [1.29, 1.82) is 0 Å². The number of halogens is 1. The molecule has 0 aliphatic carbocycles. The number of carbonyl (C=O) groups is 1. The van der Waals surface area contributed by atoms with Crippen molar-refractivity contribution < 1.29 is 9.53 Å². The van der Waals surface area contributed by atoms with E-state index in [1.807, 2.05) is 29.2 Å². The molecule has 1 aliphatic rings. The van der Waals surface area contributed by atoms with Gasteiger partial charge >= 0.3 is 0 Å². The Labute approximate surface area is 128 Å². The zero-order valence-corrected chi connectivity index (χ0v) is 13.7. The SMILES string of the molecule is CC(Oc1ccccc1Br)C(=O)N1CCNC(C)C1C. The van der Waals surface area contributed by atoms with Gasteiger partial charge < -0.3 is 15.0 Å².